The molecule has 0 aromatic heterocycles. The molecule has 1 aliphatic rings. The molecule has 0 radical (unpaired) electrons. The van der Waals surface area contributed by atoms with Crippen molar-refractivity contribution in [2.75, 3.05) is 6.61 Å². The van der Waals surface area contributed by atoms with Crippen LogP contribution in [0.4, 0.5) is 0 Å². The van der Waals surface area contributed by atoms with Gasteiger partial charge in [-0.1, -0.05) is 36.4 Å². The summed E-state index contributed by atoms with van der Waals surface area (Å²) in [6.07, 6.45) is -2.26. The summed E-state index contributed by atoms with van der Waals surface area (Å²) in [5.41, 5.74) is 0.959. The Labute approximate surface area is 159 Å². The molecule has 1 aromatic carbocycles. The van der Waals surface area contributed by atoms with Crippen LogP contribution in [0.3, 0.4) is 0 Å². The molecular formula is C20H26O7. The van der Waals surface area contributed by atoms with Crippen LogP contribution in [0.25, 0.3) is 0 Å². The standard InChI is InChI=1S/C20H26O7/c1-5-11-23-20-19(27-15(4)22)18(26-14(3)21)17(13(2)25-20)24-12-16-9-7-6-8-10-16/h5-10,13,17-20H,1,11-12H2,2-4H3/t13-,17-,18+,19+,20+/m0/s1. The van der Waals surface area contributed by atoms with E-state index in [0.29, 0.717) is 6.61 Å². The van der Waals surface area contributed by atoms with Gasteiger partial charge in [-0.05, 0) is 12.5 Å². The largest absolute Gasteiger partial charge is 0.455 e. The van der Waals surface area contributed by atoms with E-state index >= 15 is 0 Å². The van der Waals surface area contributed by atoms with Gasteiger partial charge in [0.05, 0.1) is 19.3 Å². The van der Waals surface area contributed by atoms with Crippen molar-refractivity contribution in [1.82, 2.24) is 0 Å². The highest BCUT2D eigenvalue weighted by Crippen LogP contribution is 2.29. The molecule has 0 saturated carbocycles. The Morgan fingerprint density at radius 3 is 2.26 bits per heavy atom. The fourth-order valence-electron chi connectivity index (χ4n) is 2.91. The molecule has 7 heteroatoms. The lowest BCUT2D eigenvalue weighted by Crippen LogP contribution is -2.60. The van der Waals surface area contributed by atoms with Crippen molar-refractivity contribution < 1.29 is 33.3 Å². The minimum atomic E-state index is -0.955. The predicted octanol–water partition coefficient (Wildman–Crippen LogP) is 2.38. The zero-order chi connectivity index (χ0) is 19.8. The quantitative estimate of drug-likeness (QED) is 0.507. The van der Waals surface area contributed by atoms with Crippen molar-refractivity contribution >= 4 is 11.9 Å². The zero-order valence-corrected chi connectivity index (χ0v) is 15.8. The lowest BCUT2D eigenvalue weighted by Gasteiger charge is -2.43. The average Bonchev–Trinajstić information content (AvgIpc) is 2.62. The van der Waals surface area contributed by atoms with Crippen LogP contribution < -0.4 is 0 Å². The summed E-state index contributed by atoms with van der Waals surface area (Å²) in [5, 5.41) is 0. The van der Waals surface area contributed by atoms with Gasteiger partial charge in [0.15, 0.2) is 18.5 Å². The molecule has 5 atom stereocenters. The molecule has 0 amide bonds. The Morgan fingerprint density at radius 2 is 1.67 bits per heavy atom. The minimum Gasteiger partial charge on any atom is -0.455 e. The van der Waals surface area contributed by atoms with Gasteiger partial charge in [-0.25, -0.2) is 0 Å². The Bertz CT molecular complexity index is 630. The van der Waals surface area contributed by atoms with E-state index in [4.69, 9.17) is 23.7 Å². The molecule has 0 aliphatic carbocycles. The molecule has 2 rings (SSSR count). The van der Waals surface area contributed by atoms with Crippen LogP contribution in [0.5, 0.6) is 0 Å². The molecule has 1 aromatic rings. The van der Waals surface area contributed by atoms with E-state index in [1.807, 2.05) is 30.3 Å². The topological polar surface area (TPSA) is 80.3 Å². The Hall–Kier alpha value is -2.22. The smallest absolute Gasteiger partial charge is 0.303 e. The SMILES string of the molecule is C=CCO[C@@H]1O[C@@H](C)[C@H](OCc2ccccc2)[C@@H](OC(C)=O)[C@H]1OC(C)=O. The first kappa shape index (κ1) is 21.1. The van der Waals surface area contributed by atoms with Gasteiger partial charge in [-0.2, -0.15) is 0 Å². The number of carbonyl (C=O) groups excluding carboxylic acids is 2. The summed E-state index contributed by atoms with van der Waals surface area (Å²) < 4.78 is 28.2. The van der Waals surface area contributed by atoms with E-state index in [2.05, 4.69) is 6.58 Å². The maximum absolute atomic E-state index is 11.7. The Balaban J connectivity index is 2.22. The van der Waals surface area contributed by atoms with E-state index in [0.717, 1.165) is 5.56 Å². The van der Waals surface area contributed by atoms with Crippen molar-refractivity contribution in [3.05, 3.63) is 48.6 Å². The van der Waals surface area contributed by atoms with Crippen molar-refractivity contribution in [3.8, 4) is 0 Å². The van der Waals surface area contributed by atoms with E-state index < -0.39 is 42.6 Å². The molecule has 1 fully saturated rings. The fourth-order valence-corrected chi connectivity index (χ4v) is 2.91. The monoisotopic (exact) mass is 378 g/mol. The van der Waals surface area contributed by atoms with Crippen LogP contribution in [0, 0.1) is 0 Å². The van der Waals surface area contributed by atoms with E-state index in [9.17, 15) is 9.59 Å². The predicted molar refractivity (Wildman–Crippen MR) is 96.6 cm³/mol. The van der Waals surface area contributed by atoms with Gasteiger partial charge >= 0.3 is 11.9 Å². The molecule has 1 saturated heterocycles. The highest BCUT2D eigenvalue weighted by atomic mass is 16.7. The van der Waals surface area contributed by atoms with Crippen molar-refractivity contribution in [2.45, 2.75) is 58.1 Å². The first-order chi connectivity index (χ1) is 12.9. The number of ether oxygens (including phenoxy) is 5. The number of benzene rings is 1. The Kier molecular flexibility index (Phi) is 7.97. The minimum absolute atomic E-state index is 0.192. The maximum Gasteiger partial charge on any atom is 0.303 e. The summed E-state index contributed by atoms with van der Waals surface area (Å²) >= 11 is 0. The van der Waals surface area contributed by atoms with Gasteiger partial charge in [0.2, 0.25) is 0 Å². The average molecular weight is 378 g/mol. The van der Waals surface area contributed by atoms with Crippen LogP contribution in [0.15, 0.2) is 43.0 Å². The van der Waals surface area contributed by atoms with Gasteiger partial charge in [0.25, 0.3) is 0 Å². The van der Waals surface area contributed by atoms with Gasteiger partial charge in [0.1, 0.15) is 6.10 Å². The highest BCUT2D eigenvalue weighted by molar-refractivity contribution is 5.67. The second kappa shape index (κ2) is 10.2. The van der Waals surface area contributed by atoms with E-state index in [-0.39, 0.29) is 6.61 Å². The van der Waals surface area contributed by atoms with Crippen LogP contribution in [0.2, 0.25) is 0 Å². The second-order valence-electron chi connectivity index (χ2n) is 6.24. The third-order valence-corrected chi connectivity index (χ3v) is 3.99. The van der Waals surface area contributed by atoms with Gasteiger partial charge in [-0.3, -0.25) is 9.59 Å². The maximum atomic E-state index is 11.7. The summed E-state index contributed by atoms with van der Waals surface area (Å²) in [4.78, 5) is 23.3. The van der Waals surface area contributed by atoms with E-state index in [1.165, 1.54) is 13.8 Å². The van der Waals surface area contributed by atoms with Crippen LogP contribution in [-0.4, -0.2) is 49.3 Å². The van der Waals surface area contributed by atoms with Crippen molar-refractivity contribution in [3.63, 3.8) is 0 Å². The molecular weight excluding hydrogens is 352 g/mol. The highest BCUT2D eigenvalue weighted by Gasteiger charge is 2.49. The molecule has 148 valence electrons. The molecule has 1 aliphatic heterocycles. The third kappa shape index (κ3) is 6.16. The lowest BCUT2D eigenvalue weighted by molar-refractivity contribution is -0.303. The zero-order valence-electron chi connectivity index (χ0n) is 15.8. The number of hydrogen-bond donors (Lipinski definition) is 0. The normalized spacial score (nSPS) is 27.6. The van der Waals surface area contributed by atoms with Crippen molar-refractivity contribution in [2.24, 2.45) is 0 Å². The first-order valence-corrected chi connectivity index (χ1v) is 8.80. The molecule has 0 N–H and O–H groups in total. The molecule has 7 nitrogen and oxygen atoms in total. The number of carbonyl (C=O) groups is 2. The lowest BCUT2D eigenvalue weighted by atomic mass is 9.98. The molecule has 0 spiro atoms. The number of esters is 2. The second-order valence-corrected chi connectivity index (χ2v) is 6.24. The van der Waals surface area contributed by atoms with E-state index in [1.54, 1.807) is 13.0 Å². The van der Waals surface area contributed by atoms with Crippen LogP contribution >= 0.6 is 0 Å². The summed E-state index contributed by atoms with van der Waals surface area (Å²) in [7, 11) is 0. The summed E-state index contributed by atoms with van der Waals surface area (Å²) in [6.45, 7) is 8.44. The molecule has 1 heterocycles. The summed E-state index contributed by atoms with van der Waals surface area (Å²) in [6, 6.07) is 9.58. The number of rotatable bonds is 8. The molecule has 27 heavy (non-hydrogen) atoms. The van der Waals surface area contributed by atoms with Crippen molar-refractivity contribution in [1.29, 1.82) is 0 Å². The molecule has 0 unspecified atom stereocenters. The third-order valence-electron chi connectivity index (χ3n) is 3.99. The van der Waals surface area contributed by atoms with Crippen LogP contribution in [-0.2, 0) is 39.9 Å². The van der Waals surface area contributed by atoms with Gasteiger partial charge in [-0.15, -0.1) is 6.58 Å². The number of hydrogen-bond acceptors (Lipinski definition) is 7. The van der Waals surface area contributed by atoms with Gasteiger partial charge in [0, 0.05) is 13.8 Å². The fraction of sp³-hybridized carbons (Fsp3) is 0.500. The van der Waals surface area contributed by atoms with Gasteiger partial charge < -0.3 is 23.7 Å². The van der Waals surface area contributed by atoms with Crippen LogP contribution in [0.1, 0.15) is 26.3 Å². The molecule has 0 bridgehead atoms. The Morgan fingerprint density at radius 1 is 1.04 bits per heavy atom. The summed E-state index contributed by atoms with van der Waals surface area (Å²) in [5.74, 6) is -1.05. The first-order valence-electron chi connectivity index (χ1n) is 8.80.